The first kappa shape index (κ1) is 22.5. The van der Waals surface area contributed by atoms with Crippen molar-refractivity contribution in [1.29, 1.82) is 0 Å². The number of nitrogens with zero attached hydrogens (tertiary/aromatic N) is 1. The van der Waals surface area contributed by atoms with Crippen LogP contribution in [0.3, 0.4) is 0 Å². The number of anilines is 1. The summed E-state index contributed by atoms with van der Waals surface area (Å²) in [6.07, 6.45) is -1.74. The summed E-state index contributed by atoms with van der Waals surface area (Å²) in [6.45, 7) is 1.32. The van der Waals surface area contributed by atoms with E-state index in [0.717, 1.165) is 14.2 Å². The van der Waals surface area contributed by atoms with Crippen molar-refractivity contribution in [2.75, 3.05) is 19.5 Å². The largest absolute Gasteiger partial charge is 0.457 e. The number of aliphatic imine (C=N–C) groups is 1. The topological polar surface area (TPSA) is 127 Å². The fourth-order valence-corrected chi connectivity index (χ4v) is 2.32. The van der Waals surface area contributed by atoms with Crippen LogP contribution in [0.15, 0.2) is 47.5 Å². The maximum Gasteiger partial charge on any atom is 0.413 e. The predicted octanol–water partition coefficient (Wildman–Crippen LogP) is 3.79. The number of nitrogens with one attached hydrogen (secondary N) is 3. The minimum absolute atomic E-state index is 0.214. The van der Waals surface area contributed by atoms with Crippen molar-refractivity contribution >= 4 is 47.0 Å². The third kappa shape index (κ3) is 6.99. The lowest BCUT2D eigenvalue weighted by molar-refractivity contribution is -0.114. The van der Waals surface area contributed by atoms with Crippen molar-refractivity contribution in [3.8, 4) is 11.5 Å². The Morgan fingerprint density at radius 2 is 1.57 bits per heavy atom. The highest BCUT2D eigenvalue weighted by Crippen LogP contribution is 2.32. The van der Waals surface area contributed by atoms with E-state index in [2.05, 4.69) is 30.4 Å². The Kier molecular flexibility index (Phi) is 8.00. The molecule has 0 saturated carbocycles. The number of guanidine groups is 1. The van der Waals surface area contributed by atoms with Gasteiger partial charge in [-0.1, -0.05) is 17.7 Å². The molecular weight excluding hydrogens is 416 g/mol. The molecule has 0 aliphatic carbocycles. The molecule has 0 aliphatic heterocycles. The molecule has 2 aromatic carbocycles. The average molecular weight is 435 g/mol. The molecule has 158 valence electrons. The number of hydrogen-bond donors (Lipinski definition) is 3. The van der Waals surface area contributed by atoms with Crippen LogP contribution in [0.25, 0.3) is 0 Å². The lowest BCUT2D eigenvalue weighted by Gasteiger charge is -2.13. The van der Waals surface area contributed by atoms with E-state index in [1.165, 1.54) is 19.1 Å². The van der Waals surface area contributed by atoms with Gasteiger partial charge in [-0.3, -0.25) is 15.4 Å². The van der Waals surface area contributed by atoms with Gasteiger partial charge in [0, 0.05) is 18.0 Å². The van der Waals surface area contributed by atoms with Gasteiger partial charge < -0.3 is 19.5 Å². The summed E-state index contributed by atoms with van der Waals surface area (Å²) >= 11 is 5.96. The molecule has 2 rings (SSSR count). The van der Waals surface area contributed by atoms with Crippen LogP contribution in [0.2, 0.25) is 5.02 Å². The zero-order valence-corrected chi connectivity index (χ0v) is 17.1. The number of carbonyl (C=O) groups excluding carboxylic acids is 3. The zero-order valence-electron chi connectivity index (χ0n) is 16.3. The second kappa shape index (κ2) is 10.7. The van der Waals surface area contributed by atoms with Gasteiger partial charge in [0.1, 0.15) is 11.5 Å². The fraction of sp³-hybridized carbons (Fsp3) is 0.158. The van der Waals surface area contributed by atoms with Gasteiger partial charge in [-0.15, -0.1) is 0 Å². The summed E-state index contributed by atoms with van der Waals surface area (Å²) in [5, 5.41) is 7.59. The number of benzene rings is 2. The first-order chi connectivity index (χ1) is 14.3. The van der Waals surface area contributed by atoms with Crippen LogP contribution in [-0.4, -0.2) is 38.3 Å². The van der Waals surface area contributed by atoms with Gasteiger partial charge in [0.2, 0.25) is 11.9 Å². The molecule has 30 heavy (non-hydrogen) atoms. The highest BCUT2D eigenvalue weighted by molar-refractivity contribution is 6.30. The van der Waals surface area contributed by atoms with Crippen molar-refractivity contribution < 1.29 is 28.6 Å². The lowest BCUT2D eigenvalue weighted by atomic mass is 10.2. The quantitative estimate of drug-likeness (QED) is 0.496. The van der Waals surface area contributed by atoms with Crippen LogP contribution in [0, 0.1) is 0 Å². The van der Waals surface area contributed by atoms with Crippen molar-refractivity contribution in [2.24, 2.45) is 4.99 Å². The third-order valence-electron chi connectivity index (χ3n) is 3.35. The predicted molar refractivity (Wildman–Crippen MR) is 110 cm³/mol. The molecule has 0 heterocycles. The molecule has 11 heteroatoms. The van der Waals surface area contributed by atoms with Crippen LogP contribution in [-0.2, 0) is 14.3 Å². The van der Waals surface area contributed by atoms with Crippen molar-refractivity contribution in [3.63, 3.8) is 0 Å². The number of rotatable bonds is 4. The van der Waals surface area contributed by atoms with Crippen molar-refractivity contribution in [1.82, 2.24) is 10.6 Å². The Hall–Kier alpha value is -3.79. The maximum absolute atomic E-state index is 11.6. The van der Waals surface area contributed by atoms with Crippen LogP contribution in [0.4, 0.5) is 21.0 Å². The monoisotopic (exact) mass is 434 g/mol. The number of hydrogen-bond acceptors (Lipinski definition) is 7. The van der Waals surface area contributed by atoms with Crippen LogP contribution in [0.5, 0.6) is 11.5 Å². The molecule has 3 N–H and O–H groups in total. The van der Waals surface area contributed by atoms with Crippen molar-refractivity contribution in [3.05, 3.63) is 47.5 Å². The molecule has 0 aromatic heterocycles. The Labute approximate surface area is 177 Å². The van der Waals surface area contributed by atoms with E-state index in [1.54, 1.807) is 30.3 Å². The van der Waals surface area contributed by atoms with E-state index >= 15 is 0 Å². The molecule has 0 bridgehead atoms. The second-order valence-corrected chi connectivity index (χ2v) is 6.05. The molecule has 0 atom stereocenters. The zero-order chi connectivity index (χ0) is 22.1. The molecule has 3 amide bonds. The minimum Gasteiger partial charge on any atom is -0.457 e. The first-order valence-corrected chi connectivity index (χ1v) is 8.82. The smallest absolute Gasteiger partial charge is 0.413 e. The van der Waals surface area contributed by atoms with Gasteiger partial charge in [0.05, 0.1) is 25.6 Å². The lowest BCUT2D eigenvalue weighted by Crippen LogP contribution is -2.43. The summed E-state index contributed by atoms with van der Waals surface area (Å²) in [7, 11) is 2.30. The molecule has 2 aromatic rings. The van der Waals surface area contributed by atoms with Crippen molar-refractivity contribution in [2.45, 2.75) is 6.92 Å². The number of halogens is 1. The normalized spacial score (nSPS) is 9.73. The molecule has 0 saturated heterocycles. The molecule has 10 nitrogen and oxygen atoms in total. The minimum atomic E-state index is -0.868. The number of alkyl carbamates (subject to hydrolysis) is 2. The molecule has 0 unspecified atom stereocenters. The highest BCUT2D eigenvalue weighted by atomic mass is 35.5. The molecule has 0 aliphatic rings. The van der Waals surface area contributed by atoms with Gasteiger partial charge in [0.25, 0.3) is 0 Å². The maximum atomic E-state index is 11.6. The molecule has 0 fully saturated rings. The van der Waals surface area contributed by atoms with Gasteiger partial charge >= 0.3 is 12.2 Å². The SMILES string of the molecule is COC(=O)NC(=Nc1ccc(Oc2cccc(Cl)c2)cc1NC(C)=O)NC(=O)OC. The van der Waals surface area contributed by atoms with Crippen LogP contribution < -0.4 is 20.7 Å². The van der Waals surface area contributed by atoms with Gasteiger partial charge in [0.15, 0.2) is 0 Å². The Bertz CT molecular complexity index is 959. The number of carbonyl (C=O) groups is 3. The molecule has 0 spiro atoms. The summed E-state index contributed by atoms with van der Waals surface area (Å²) < 4.78 is 14.7. The number of amides is 3. The summed E-state index contributed by atoms with van der Waals surface area (Å²) in [5.74, 6) is 0.245. The van der Waals surface area contributed by atoms with E-state index in [9.17, 15) is 14.4 Å². The van der Waals surface area contributed by atoms with E-state index in [1.807, 2.05) is 0 Å². The van der Waals surface area contributed by atoms with E-state index < -0.39 is 12.2 Å². The molecular formula is C19H19ClN4O6. The Morgan fingerprint density at radius 1 is 0.933 bits per heavy atom. The summed E-state index contributed by atoms with van der Waals surface area (Å²) in [4.78, 5) is 38.8. The third-order valence-corrected chi connectivity index (χ3v) is 3.59. The second-order valence-electron chi connectivity index (χ2n) is 5.61. The van der Waals surface area contributed by atoms with Gasteiger partial charge in [-0.05, 0) is 30.3 Å². The number of ether oxygens (including phenoxy) is 3. The first-order valence-electron chi connectivity index (χ1n) is 8.44. The van der Waals surface area contributed by atoms with E-state index in [4.69, 9.17) is 16.3 Å². The summed E-state index contributed by atoms with van der Waals surface area (Å²) in [6, 6.07) is 11.4. The van der Waals surface area contributed by atoms with Gasteiger partial charge in [-0.2, -0.15) is 0 Å². The van der Waals surface area contributed by atoms with Gasteiger partial charge in [-0.25, -0.2) is 14.6 Å². The Morgan fingerprint density at radius 3 is 2.13 bits per heavy atom. The molecule has 0 radical (unpaired) electrons. The highest BCUT2D eigenvalue weighted by Gasteiger charge is 2.13. The standard InChI is InChI=1S/C19H19ClN4O6/c1-11(25)21-16-10-14(30-13-6-4-5-12(20)9-13)7-8-15(16)22-17(23-18(26)28-2)24-19(27)29-3/h4-10H,1-3H3,(H,21,25)(H2,22,23,24,26,27). The van der Waals surface area contributed by atoms with Crippen LogP contribution in [0.1, 0.15) is 6.92 Å². The van der Waals surface area contributed by atoms with E-state index in [0.29, 0.717) is 16.5 Å². The fourth-order valence-electron chi connectivity index (χ4n) is 2.14. The Balaban J connectivity index is 2.40. The average Bonchev–Trinajstić information content (AvgIpc) is 2.69. The summed E-state index contributed by atoms with van der Waals surface area (Å²) in [5.41, 5.74) is 0.476. The van der Waals surface area contributed by atoms with Crippen LogP contribution >= 0.6 is 11.6 Å². The number of methoxy groups -OCH3 is 2. The van der Waals surface area contributed by atoms with E-state index in [-0.39, 0.29) is 23.2 Å².